The lowest BCUT2D eigenvalue weighted by Gasteiger charge is -2.04. The molecule has 1 heterocycles. The molecule has 0 saturated carbocycles. The summed E-state index contributed by atoms with van der Waals surface area (Å²) in [6.45, 7) is 1.50. The van der Waals surface area contributed by atoms with Crippen molar-refractivity contribution >= 4 is 27.3 Å². The lowest BCUT2D eigenvalue weighted by molar-refractivity contribution is 0.614. The van der Waals surface area contributed by atoms with Gasteiger partial charge in [-0.1, -0.05) is 6.07 Å². The van der Waals surface area contributed by atoms with E-state index in [1.54, 1.807) is 23.5 Å². The number of hydrogen-bond acceptors (Lipinski definition) is 2. The lowest BCUT2D eigenvalue weighted by atomic mass is 10.2. The Morgan fingerprint density at radius 1 is 1.19 bits per heavy atom. The van der Waals surface area contributed by atoms with Gasteiger partial charge in [0.25, 0.3) is 0 Å². The number of thiophene rings is 1. The first-order valence-electron chi connectivity index (χ1n) is 4.91. The van der Waals surface area contributed by atoms with Gasteiger partial charge in [-0.15, -0.1) is 0 Å². The molecule has 0 bridgehead atoms. The van der Waals surface area contributed by atoms with Crippen LogP contribution in [0.5, 0.6) is 0 Å². The van der Waals surface area contributed by atoms with E-state index in [2.05, 4.69) is 38.1 Å². The molecule has 1 aromatic carbocycles. The molecular formula is C12H11BrFNS. The van der Waals surface area contributed by atoms with Crippen LogP contribution in [0.3, 0.4) is 0 Å². The SMILES string of the molecule is Fc1cc(CNCc2ccsc2)ccc1Br. The topological polar surface area (TPSA) is 12.0 Å². The minimum absolute atomic E-state index is 0.213. The molecule has 84 valence electrons. The van der Waals surface area contributed by atoms with E-state index >= 15 is 0 Å². The van der Waals surface area contributed by atoms with Gasteiger partial charge in [-0.25, -0.2) is 4.39 Å². The maximum absolute atomic E-state index is 13.2. The van der Waals surface area contributed by atoms with Crippen LogP contribution in [-0.2, 0) is 13.1 Å². The van der Waals surface area contributed by atoms with Gasteiger partial charge in [-0.3, -0.25) is 0 Å². The molecule has 1 N–H and O–H groups in total. The zero-order valence-electron chi connectivity index (χ0n) is 8.54. The molecule has 0 atom stereocenters. The first-order chi connectivity index (χ1) is 7.75. The highest BCUT2D eigenvalue weighted by Crippen LogP contribution is 2.16. The molecule has 0 saturated heterocycles. The zero-order valence-corrected chi connectivity index (χ0v) is 10.9. The predicted octanol–water partition coefficient (Wildman–Crippen LogP) is 3.94. The Balaban J connectivity index is 1.87. The van der Waals surface area contributed by atoms with Gasteiger partial charge >= 0.3 is 0 Å². The normalized spacial score (nSPS) is 10.6. The van der Waals surface area contributed by atoms with Crippen molar-refractivity contribution in [3.63, 3.8) is 0 Å². The highest BCUT2D eigenvalue weighted by molar-refractivity contribution is 9.10. The number of nitrogens with one attached hydrogen (secondary N) is 1. The summed E-state index contributed by atoms with van der Waals surface area (Å²) in [5, 5.41) is 7.43. The second-order valence-corrected chi connectivity index (χ2v) is 5.12. The maximum Gasteiger partial charge on any atom is 0.137 e. The third-order valence-corrected chi connectivity index (χ3v) is 3.60. The van der Waals surface area contributed by atoms with Gasteiger partial charge in [0, 0.05) is 13.1 Å². The Morgan fingerprint density at radius 2 is 2.00 bits per heavy atom. The summed E-state index contributed by atoms with van der Waals surface area (Å²) in [5.74, 6) is -0.213. The van der Waals surface area contributed by atoms with E-state index in [1.165, 1.54) is 5.56 Å². The monoisotopic (exact) mass is 299 g/mol. The Morgan fingerprint density at radius 3 is 2.69 bits per heavy atom. The fraction of sp³-hybridized carbons (Fsp3) is 0.167. The number of halogens is 2. The summed E-state index contributed by atoms with van der Waals surface area (Å²) in [6.07, 6.45) is 0. The Hall–Kier alpha value is -0.710. The van der Waals surface area contributed by atoms with Crippen molar-refractivity contribution in [2.75, 3.05) is 0 Å². The van der Waals surface area contributed by atoms with E-state index in [0.29, 0.717) is 11.0 Å². The van der Waals surface area contributed by atoms with Crippen LogP contribution in [0.1, 0.15) is 11.1 Å². The van der Waals surface area contributed by atoms with E-state index in [-0.39, 0.29) is 5.82 Å². The zero-order chi connectivity index (χ0) is 11.4. The van der Waals surface area contributed by atoms with Gasteiger partial charge in [-0.2, -0.15) is 11.3 Å². The highest BCUT2D eigenvalue weighted by atomic mass is 79.9. The highest BCUT2D eigenvalue weighted by Gasteiger charge is 2.00. The summed E-state index contributed by atoms with van der Waals surface area (Å²) in [7, 11) is 0. The summed E-state index contributed by atoms with van der Waals surface area (Å²) in [6, 6.07) is 7.27. The third-order valence-electron chi connectivity index (χ3n) is 2.22. The minimum atomic E-state index is -0.213. The Kier molecular flexibility index (Phi) is 4.09. The van der Waals surface area contributed by atoms with E-state index in [1.807, 2.05) is 6.07 Å². The number of rotatable bonds is 4. The molecule has 0 fully saturated rings. The van der Waals surface area contributed by atoms with Gasteiger partial charge in [0.2, 0.25) is 0 Å². The molecule has 1 aromatic heterocycles. The molecule has 0 radical (unpaired) electrons. The van der Waals surface area contributed by atoms with Crippen molar-refractivity contribution in [2.45, 2.75) is 13.1 Å². The maximum atomic E-state index is 13.2. The van der Waals surface area contributed by atoms with Gasteiger partial charge in [0.05, 0.1) is 4.47 Å². The van der Waals surface area contributed by atoms with Crippen LogP contribution in [0, 0.1) is 5.82 Å². The first kappa shape index (κ1) is 11.8. The van der Waals surface area contributed by atoms with Crippen molar-refractivity contribution in [3.8, 4) is 0 Å². The molecular weight excluding hydrogens is 289 g/mol. The summed E-state index contributed by atoms with van der Waals surface area (Å²) in [4.78, 5) is 0. The Bertz CT molecular complexity index is 456. The van der Waals surface area contributed by atoms with Crippen LogP contribution in [0.4, 0.5) is 4.39 Å². The first-order valence-corrected chi connectivity index (χ1v) is 6.65. The fourth-order valence-electron chi connectivity index (χ4n) is 1.39. The molecule has 0 aliphatic rings. The molecule has 4 heteroatoms. The van der Waals surface area contributed by atoms with Crippen LogP contribution in [-0.4, -0.2) is 0 Å². The quantitative estimate of drug-likeness (QED) is 0.902. The third kappa shape index (κ3) is 3.14. The van der Waals surface area contributed by atoms with Crippen LogP contribution >= 0.6 is 27.3 Å². The van der Waals surface area contributed by atoms with Crippen LogP contribution in [0.25, 0.3) is 0 Å². The van der Waals surface area contributed by atoms with Crippen molar-refractivity contribution in [2.24, 2.45) is 0 Å². The van der Waals surface area contributed by atoms with Crippen molar-refractivity contribution in [1.29, 1.82) is 0 Å². The summed E-state index contributed by atoms with van der Waals surface area (Å²) >= 11 is 4.82. The van der Waals surface area contributed by atoms with Crippen molar-refractivity contribution in [3.05, 3.63) is 56.4 Å². The van der Waals surface area contributed by atoms with Crippen LogP contribution in [0.2, 0.25) is 0 Å². The smallest absolute Gasteiger partial charge is 0.137 e. The van der Waals surface area contributed by atoms with Crippen LogP contribution < -0.4 is 5.32 Å². The molecule has 16 heavy (non-hydrogen) atoms. The Labute approximate surface area is 106 Å². The minimum Gasteiger partial charge on any atom is -0.309 e. The van der Waals surface area contributed by atoms with Gasteiger partial charge in [-0.05, 0) is 56.0 Å². The van der Waals surface area contributed by atoms with Crippen molar-refractivity contribution < 1.29 is 4.39 Å². The molecule has 0 aliphatic carbocycles. The molecule has 2 rings (SSSR count). The molecule has 1 nitrogen and oxygen atoms in total. The van der Waals surface area contributed by atoms with Crippen molar-refractivity contribution in [1.82, 2.24) is 5.32 Å². The second kappa shape index (κ2) is 5.57. The largest absolute Gasteiger partial charge is 0.309 e. The number of benzene rings is 1. The summed E-state index contributed by atoms with van der Waals surface area (Å²) in [5.41, 5.74) is 2.22. The molecule has 0 spiro atoms. The number of hydrogen-bond donors (Lipinski definition) is 1. The van der Waals surface area contributed by atoms with Gasteiger partial charge < -0.3 is 5.32 Å². The lowest BCUT2D eigenvalue weighted by Crippen LogP contribution is -2.12. The van der Waals surface area contributed by atoms with E-state index in [4.69, 9.17) is 0 Å². The van der Waals surface area contributed by atoms with E-state index in [0.717, 1.165) is 12.1 Å². The van der Waals surface area contributed by atoms with Gasteiger partial charge in [0.1, 0.15) is 5.82 Å². The standard InChI is InChI=1S/C12H11BrFNS/c13-11-2-1-9(5-12(11)14)6-15-7-10-3-4-16-8-10/h1-5,8,15H,6-7H2. The van der Waals surface area contributed by atoms with Crippen LogP contribution in [0.15, 0.2) is 39.5 Å². The summed E-state index contributed by atoms with van der Waals surface area (Å²) < 4.78 is 13.7. The molecule has 0 amide bonds. The second-order valence-electron chi connectivity index (χ2n) is 3.48. The molecule has 0 aliphatic heterocycles. The average molecular weight is 300 g/mol. The van der Waals surface area contributed by atoms with Gasteiger partial charge in [0.15, 0.2) is 0 Å². The average Bonchev–Trinajstić information content (AvgIpc) is 2.76. The fourth-order valence-corrected chi connectivity index (χ4v) is 2.31. The van der Waals surface area contributed by atoms with E-state index < -0.39 is 0 Å². The molecule has 2 aromatic rings. The van der Waals surface area contributed by atoms with E-state index in [9.17, 15) is 4.39 Å². The molecule has 0 unspecified atom stereocenters. The predicted molar refractivity (Wildman–Crippen MR) is 69.0 cm³/mol.